The zero-order chi connectivity index (χ0) is 15.7. The number of likely N-dealkylation sites (tertiary alicyclic amines) is 1. The minimum atomic E-state index is -3.54. The van der Waals surface area contributed by atoms with Crippen molar-refractivity contribution in [1.82, 2.24) is 9.62 Å². The van der Waals surface area contributed by atoms with Gasteiger partial charge in [0.15, 0.2) is 0 Å². The number of rotatable bonds is 4. The topological polar surface area (TPSA) is 66.5 Å². The fourth-order valence-corrected chi connectivity index (χ4v) is 5.26. The van der Waals surface area contributed by atoms with Crippen LogP contribution in [0.5, 0.6) is 0 Å². The Kier molecular flexibility index (Phi) is 4.20. The van der Waals surface area contributed by atoms with Crippen LogP contribution >= 0.6 is 11.3 Å². The number of hydrogen-bond acceptors (Lipinski definition) is 4. The van der Waals surface area contributed by atoms with Crippen LogP contribution in [0.25, 0.3) is 10.1 Å². The third-order valence-electron chi connectivity index (χ3n) is 4.06. The number of fused-ring (bicyclic) bond motifs is 1. The summed E-state index contributed by atoms with van der Waals surface area (Å²) < 4.78 is 28.6. The molecule has 1 saturated heterocycles. The Morgan fingerprint density at radius 3 is 2.91 bits per heavy atom. The van der Waals surface area contributed by atoms with Crippen LogP contribution in [-0.4, -0.2) is 39.4 Å². The van der Waals surface area contributed by atoms with Crippen molar-refractivity contribution in [1.29, 1.82) is 0 Å². The summed E-state index contributed by atoms with van der Waals surface area (Å²) in [6.45, 7) is 0.999. The third-order valence-corrected chi connectivity index (χ3v) is 6.63. The quantitative estimate of drug-likeness (QED) is 0.928. The molecule has 0 spiro atoms. The first-order valence-electron chi connectivity index (χ1n) is 7.17. The molecule has 1 aliphatic heterocycles. The van der Waals surface area contributed by atoms with Gasteiger partial charge in [-0.1, -0.05) is 18.2 Å². The van der Waals surface area contributed by atoms with Gasteiger partial charge in [-0.05, 0) is 18.4 Å². The molecule has 1 aromatic heterocycles. The first-order chi connectivity index (χ1) is 10.5. The molecule has 1 atom stereocenters. The lowest BCUT2D eigenvalue weighted by molar-refractivity contribution is -0.133. The number of sulfonamides is 1. The smallest absolute Gasteiger partial charge is 0.242 e. The van der Waals surface area contributed by atoms with Gasteiger partial charge in [0.1, 0.15) is 4.90 Å². The van der Waals surface area contributed by atoms with Gasteiger partial charge in [0.25, 0.3) is 0 Å². The van der Waals surface area contributed by atoms with Crippen molar-refractivity contribution in [3.8, 4) is 0 Å². The summed E-state index contributed by atoms with van der Waals surface area (Å²) in [5.41, 5.74) is 0. The Balaban J connectivity index is 1.73. The van der Waals surface area contributed by atoms with E-state index in [4.69, 9.17) is 0 Å². The molecule has 1 N–H and O–H groups in total. The molecule has 3 rings (SSSR count). The van der Waals surface area contributed by atoms with Gasteiger partial charge in [-0.25, -0.2) is 13.1 Å². The fraction of sp³-hybridized carbons (Fsp3) is 0.400. The maximum atomic E-state index is 12.5. The summed E-state index contributed by atoms with van der Waals surface area (Å²) in [4.78, 5) is 13.7. The largest absolute Gasteiger partial charge is 0.346 e. The van der Waals surface area contributed by atoms with Gasteiger partial charge in [0.2, 0.25) is 15.9 Å². The average Bonchev–Trinajstić information content (AvgIpc) is 2.93. The second kappa shape index (κ2) is 5.98. The predicted octanol–water partition coefficient (Wildman–Crippen LogP) is 2.05. The van der Waals surface area contributed by atoms with Crippen LogP contribution in [-0.2, 0) is 14.8 Å². The molecule has 0 aliphatic carbocycles. The van der Waals surface area contributed by atoms with E-state index in [1.165, 1.54) is 11.3 Å². The monoisotopic (exact) mass is 338 g/mol. The van der Waals surface area contributed by atoms with Crippen molar-refractivity contribution >= 4 is 37.4 Å². The molecule has 0 saturated carbocycles. The average molecular weight is 338 g/mol. The van der Waals surface area contributed by atoms with E-state index in [1.807, 2.05) is 24.3 Å². The molecule has 1 aliphatic rings. The van der Waals surface area contributed by atoms with Crippen molar-refractivity contribution in [2.24, 2.45) is 5.92 Å². The molecule has 1 fully saturated rings. The van der Waals surface area contributed by atoms with Crippen LogP contribution in [0.1, 0.15) is 12.8 Å². The highest BCUT2D eigenvalue weighted by Gasteiger charge is 2.26. The van der Waals surface area contributed by atoms with Gasteiger partial charge in [-0.3, -0.25) is 4.79 Å². The van der Waals surface area contributed by atoms with Gasteiger partial charge >= 0.3 is 0 Å². The Hall–Kier alpha value is -1.44. The number of piperidine rings is 1. The molecule has 118 valence electrons. The van der Waals surface area contributed by atoms with Gasteiger partial charge in [0, 0.05) is 42.0 Å². The van der Waals surface area contributed by atoms with Gasteiger partial charge in [-0.15, -0.1) is 11.3 Å². The molecule has 1 aromatic carbocycles. The fourth-order valence-electron chi connectivity index (χ4n) is 2.65. The standard InChI is InChI=1S/C15H18N2O3S2/c1-17-7-6-11(8-15(17)18)9-16-22(19,20)14-10-21-13-5-3-2-4-12(13)14/h2-5,10-11,16H,6-9H2,1H3/t11-/m0/s1. The van der Waals surface area contributed by atoms with Gasteiger partial charge < -0.3 is 4.90 Å². The van der Waals surface area contributed by atoms with Gasteiger partial charge in [0.05, 0.1) is 0 Å². The summed E-state index contributed by atoms with van der Waals surface area (Å²) in [6.07, 6.45) is 1.23. The van der Waals surface area contributed by atoms with E-state index in [2.05, 4.69) is 4.72 Å². The molecule has 7 heteroatoms. The molecule has 5 nitrogen and oxygen atoms in total. The predicted molar refractivity (Wildman–Crippen MR) is 87.4 cm³/mol. The number of thiophene rings is 1. The van der Waals surface area contributed by atoms with Crippen molar-refractivity contribution in [2.45, 2.75) is 17.7 Å². The Bertz CT molecular complexity index is 798. The number of amides is 1. The summed E-state index contributed by atoms with van der Waals surface area (Å²) in [7, 11) is -1.76. The molecular weight excluding hydrogens is 320 g/mol. The van der Waals surface area contributed by atoms with Crippen molar-refractivity contribution in [3.63, 3.8) is 0 Å². The first kappa shape index (κ1) is 15.5. The second-order valence-corrected chi connectivity index (χ2v) is 8.27. The summed E-state index contributed by atoms with van der Waals surface area (Å²) in [6, 6.07) is 7.46. The van der Waals surface area contributed by atoms with E-state index in [0.29, 0.717) is 24.4 Å². The van der Waals surface area contributed by atoms with Crippen molar-refractivity contribution in [3.05, 3.63) is 29.6 Å². The summed E-state index contributed by atoms with van der Waals surface area (Å²) in [5, 5.41) is 2.42. The lowest BCUT2D eigenvalue weighted by Crippen LogP contribution is -2.40. The lowest BCUT2D eigenvalue weighted by atomic mass is 9.97. The number of carbonyl (C=O) groups is 1. The van der Waals surface area contributed by atoms with Crippen LogP contribution < -0.4 is 4.72 Å². The van der Waals surface area contributed by atoms with E-state index >= 15 is 0 Å². The molecule has 1 amide bonds. The molecule has 0 radical (unpaired) electrons. The van der Waals surface area contributed by atoms with Crippen LogP contribution in [0.4, 0.5) is 0 Å². The number of benzene rings is 1. The number of carbonyl (C=O) groups excluding carboxylic acids is 1. The molecule has 2 heterocycles. The maximum Gasteiger partial charge on any atom is 0.242 e. The number of nitrogens with one attached hydrogen (secondary N) is 1. The van der Waals surface area contributed by atoms with Crippen LogP contribution in [0.2, 0.25) is 0 Å². The zero-order valence-electron chi connectivity index (χ0n) is 12.3. The zero-order valence-corrected chi connectivity index (χ0v) is 13.9. The first-order valence-corrected chi connectivity index (χ1v) is 9.53. The minimum absolute atomic E-state index is 0.0726. The molecule has 2 aromatic rings. The Labute approximate surface area is 134 Å². The highest BCUT2D eigenvalue weighted by atomic mass is 32.2. The SMILES string of the molecule is CN1CC[C@H](CNS(=O)(=O)c2csc3ccccc23)CC1=O. The third kappa shape index (κ3) is 3.02. The van der Waals surface area contributed by atoms with E-state index in [1.54, 1.807) is 17.3 Å². The Morgan fingerprint density at radius 2 is 2.14 bits per heavy atom. The summed E-state index contributed by atoms with van der Waals surface area (Å²) >= 11 is 1.42. The van der Waals surface area contributed by atoms with Crippen molar-refractivity contribution in [2.75, 3.05) is 20.1 Å². The van der Waals surface area contributed by atoms with E-state index in [9.17, 15) is 13.2 Å². The number of hydrogen-bond donors (Lipinski definition) is 1. The highest BCUT2D eigenvalue weighted by Crippen LogP contribution is 2.29. The minimum Gasteiger partial charge on any atom is -0.346 e. The number of nitrogens with zero attached hydrogens (tertiary/aromatic N) is 1. The van der Waals surface area contributed by atoms with E-state index in [-0.39, 0.29) is 11.8 Å². The van der Waals surface area contributed by atoms with E-state index < -0.39 is 10.0 Å². The van der Waals surface area contributed by atoms with Crippen LogP contribution in [0.3, 0.4) is 0 Å². The maximum absolute atomic E-state index is 12.5. The molecule has 22 heavy (non-hydrogen) atoms. The lowest BCUT2D eigenvalue weighted by Gasteiger charge is -2.28. The summed E-state index contributed by atoms with van der Waals surface area (Å²) in [5.74, 6) is 0.153. The second-order valence-electron chi connectivity index (χ2n) is 5.62. The highest BCUT2D eigenvalue weighted by molar-refractivity contribution is 7.90. The van der Waals surface area contributed by atoms with Gasteiger partial charge in [-0.2, -0.15) is 0 Å². The van der Waals surface area contributed by atoms with Crippen molar-refractivity contribution < 1.29 is 13.2 Å². The molecule has 0 unspecified atom stereocenters. The molecular formula is C15H18N2O3S2. The normalized spacial score (nSPS) is 19.8. The van der Waals surface area contributed by atoms with Crippen LogP contribution in [0.15, 0.2) is 34.5 Å². The van der Waals surface area contributed by atoms with E-state index in [0.717, 1.165) is 16.5 Å². The Morgan fingerprint density at radius 1 is 1.36 bits per heavy atom. The van der Waals surface area contributed by atoms with Crippen LogP contribution in [0, 0.1) is 5.92 Å². The molecule has 0 bridgehead atoms.